The Morgan fingerprint density at radius 1 is 1.24 bits per heavy atom. The lowest BCUT2D eigenvalue weighted by Crippen LogP contribution is -2.49. The first kappa shape index (κ1) is 17.8. The number of rotatable bonds is 4. The molecular weight excluding hydrogens is 334 g/mol. The Balaban J connectivity index is 1.56. The van der Waals surface area contributed by atoms with Crippen molar-refractivity contribution >= 4 is 23.1 Å². The fourth-order valence-electron chi connectivity index (χ4n) is 3.13. The van der Waals surface area contributed by atoms with Crippen molar-refractivity contribution in [2.45, 2.75) is 33.1 Å². The lowest BCUT2D eigenvalue weighted by atomic mass is 10.2. The third kappa shape index (κ3) is 4.15. The molecule has 6 nitrogen and oxygen atoms in total. The molecule has 0 spiro atoms. The lowest BCUT2D eigenvalue weighted by molar-refractivity contribution is -0.675. The van der Waals surface area contributed by atoms with Crippen molar-refractivity contribution in [1.29, 1.82) is 0 Å². The van der Waals surface area contributed by atoms with Crippen LogP contribution in [0.4, 0.5) is 5.82 Å². The van der Waals surface area contributed by atoms with Gasteiger partial charge in [-0.2, -0.15) is 9.67 Å². The minimum Gasteiger partial charge on any atom is -0.352 e. The van der Waals surface area contributed by atoms with E-state index in [1.807, 2.05) is 24.0 Å². The Bertz CT molecular complexity index is 732. The summed E-state index contributed by atoms with van der Waals surface area (Å²) in [7, 11) is 2.06. The van der Waals surface area contributed by atoms with Gasteiger partial charge in [0.1, 0.15) is 7.05 Å². The molecule has 25 heavy (non-hydrogen) atoms. The predicted octanol–water partition coefficient (Wildman–Crippen LogP) is 1.69. The third-order valence-corrected chi connectivity index (χ3v) is 5.96. The summed E-state index contributed by atoms with van der Waals surface area (Å²) in [5, 5.41) is 9.67. The van der Waals surface area contributed by atoms with E-state index in [9.17, 15) is 4.79 Å². The first-order valence-corrected chi connectivity index (χ1v) is 9.57. The van der Waals surface area contributed by atoms with Crippen molar-refractivity contribution < 1.29 is 9.36 Å². The van der Waals surface area contributed by atoms with Crippen LogP contribution in [-0.4, -0.2) is 47.2 Å². The Hall–Kier alpha value is -2.02. The molecule has 0 bridgehead atoms. The van der Waals surface area contributed by atoms with Crippen LogP contribution in [0.1, 0.15) is 35.3 Å². The molecule has 2 aromatic heterocycles. The van der Waals surface area contributed by atoms with Gasteiger partial charge in [-0.05, 0) is 19.1 Å². The Labute approximate surface area is 153 Å². The topological polar surface area (TPSA) is 53.2 Å². The van der Waals surface area contributed by atoms with Crippen LogP contribution in [0.25, 0.3) is 0 Å². The third-order valence-electron chi connectivity index (χ3n) is 4.48. The number of aromatic nitrogens is 3. The van der Waals surface area contributed by atoms with E-state index in [1.165, 1.54) is 5.01 Å². The summed E-state index contributed by atoms with van der Waals surface area (Å²) in [5.74, 6) is 1.59. The van der Waals surface area contributed by atoms with E-state index >= 15 is 0 Å². The first-order chi connectivity index (χ1) is 11.9. The van der Waals surface area contributed by atoms with Gasteiger partial charge in [0.15, 0.2) is 12.0 Å². The zero-order valence-electron chi connectivity index (χ0n) is 15.4. The Morgan fingerprint density at radius 3 is 2.52 bits per heavy atom. The molecule has 7 heteroatoms. The highest BCUT2D eigenvalue weighted by molar-refractivity contribution is 7.11. The highest BCUT2D eigenvalue weighted by atomic mass is 32.1. The van der Waals surface area contributed by atoms with Crippen LogP contribution in [0.2, 0.25) is 0 Å². The van der Waals surface area contributed by atoms with Gasteiger partial charge in [0.2, 0.25) is 10.9 Å². The zero-order valence-corrected chi connectivity index (χ0v) is 16.2. The summed E-state index contributed by atoms with van der Waals surface area (Å²) in [6, 6.07) is 3.97. The molecule has 0 atom stereocenters. The highest BCUT2D eigenvalue weighted by Crippen LogP contribution is 2.20. The number of amides is 1. The van der Waals surface area contributed by atoms with Crippen molar-refractivity contribution in [3.8, 4) is 0 Å². The molecule has 3 rings (SSSR count). The second kappa shape index (κ2) is 7.47. The predicted molar refractivity (Wildman–Crippen MR) is 98.9 cm³/mol. The summed E-state index contributed by atoms with van der Waals surface area (Å²) in [6.45, 7) is 9.39. The SMILES string of the molecule is Cc1ccc(N2CCN(C(=O)Cc3c[n+](C)c(C(C)C)s3)CC2)nn1. The number of carbonyl (C=O) groups excluding carboxylic acids is 1. The van der Waals surface area contributed by atoms with Gasteiger partial charge >= 0.3 is 0 Å². The number of piperazine rings is 1. The van der Waals surface area contributed by atoms with Crippen molar-refractivity contribution in [1.82, 2.24) is 15.1 Å². The minimum absolute atomic E-state index is 0.215. The molecule has 0 aliphatic carbocycles. The molecule has 134 valence electrons. The standard InChI is InChI=1S/C18H26N5OS/c1-13(2)18-21(4)12-15(25-18)11-17(24)23-9-7-22(8-10-23)16-6-5-14(3)19-20-16/h5-6,12-13H,7-11H2,1-4H3/q+1. The van der Waals surface area contributed by atoms with Gasteiger partial charge in [0, 0.05) is 32.1 Å². The van der Waals surface area contributed by atoms with Crippen molar-refractivity contribution in [3.05, 3.63) is 33.9 Å². The quantitative estimate of drug-likeness (QED) is 0.779. The molecule has 0 aromatic carbocycles. The first-order valence-electron chi connectivity index (χ1n) is 8.75. The number of anilines is 1. The maximum atomic E-state index is 12.6. The van der Waals surface area contributed by atoms with E-state index < -0.39 is 0 Å². The second-order valence-electron chi connectivity index (χ2n) is 6.88. The average Bonchev–Trinajstić information content (AvgIpc) is 2.96. The number of carbonyl (C=O) groups is 1. The normalized spacial score (nSPS) is 15.1. The van der Waals surface area contributed by atoms with E-state index in [1.54, 1.807) is 11.3 Å². The van der Waals surface area contributed by atoms with Gasteiger partial charge in [0.05, 0.1) is 17.0 Å². The lowest BCUT2D eigenvalue weighted by Gasteiger charge is -2.35. The van der Waals surface area contributed by atoms with Crippen LogP contribution in [0.3, 0.4) is 0 Å². The highest BCUT2D eigenvalue weighted by Gasteiger charge is 2.24. The van der Waals surface area contributed by atoms with E-state index in [-0.39, 0.29) is 5.91 Å². The van der Waals surface area contributed by atoms with Crippen LogP contribution in [-0.2, 0) is 18.3 Å². The number of hydrogen-bond acceptors (Lipinski definition) is 5. The average molecular weight is 361 g/mol. The monoisotopic (exact) mass is 360 g/mol. The van der Waals surface area contributed by atoms with Gasteiger partial charge in [0.25, 0.3) is 0 Å². The largest absolute Gasteiger partial charge is 0.352 e. The van der Waals surface area contributed by atoms with Crippen LogP contribution >= 0.6 is 11.3 Å². The Morgan fingerprint density at radius 2 is 1.96 bits per heavy atom. The second-order valence-corrected chi connectivity index (χ2v) is 8.03. The summed E-state index contributed by atoms with van der Waals surface area (Å²) in [4.78, 5) is 17.9. The molecule has 0 unspecified atom stereocenters. The molecule has 1 saturated heterocycles. The van der Waals surface area contributed by atoms with Gasteiger partial charge in [-0.3, -0.25) is 4.79 Å². The number of nitrogens with zero attached hydrogens (tertiary/aromatic N) is 5. The zero-order chi connectivity index (χ0) is 18.0. The van der Waals surface area contributed by atoms with Crippen LogP contribution in [0, 0.1) is 6.92 Å². The smallest absolute Gasteiger partial charge is 0.239 e. The maximum absolute atomic E-state index is 12.6. The molecule has 3 heterocycles. The maximum Gasteiger partial charge on any atom is 0.239 e. The molecule has 0 radical (unpaired) electrons. The molecule has 0 N–H and O–H groups in total. The fraction of sp³-hybridized carbons (Fsp3) is 0.556. The molecule has 1 fully saturated rings. The number of hydrogen-bond donors (Lipinski definition) is 0. The summed E-state index contributed by atoms with van der Waals surface area (Å²) < 4.78 is 2.14. The Kier molecular flexibility index (Phi) is 5.32. The van der Waals surface area contributed by atoms with E-state index in [0.717, 1.165) is 42.6 Å². The molecule has 0 saturated carbocycles. The van der Waals surface area contributed by atoms with Crippen molar-refractivity contribution in [2.75, 3.05) is 31.1 Å². The fourth-order valence-corrected chi connectivity index (χ4v) is 4.23. The van der Waals surface area contributed by atoms with Crippen molar-refractivity contribution in [2.24, 2.45) is 7.05 Å². The summed E-state index contributed by atoms with van der Waals surface area (Å²) in [5.41, 5.74) is 0.919. The van der Waals surface area contributed by atoms with Gasteiger partial charge in [-0.1, -0.05) is 25.2 Å². The molecule has 1 aliphatic rings. The molecule has 1 amide bonds. The number of aryl methyl sites for hydroxylation is 2. The van der Waals surface area contributed by atoms with Crippen LogP contribution in [0.15, 0.2) is 18.3 Å². The van der Waals surface area contributed by atoms with E-state index in [0.29, 0.717) is 12.3 Å². The van der Waals surface area contributed by atoms with E-state index in [4.69, 9.17) is 0 Å². The summed E-state index contributed by atoms with van der Waals surface area (Å²) in [6.07, 6.45) is 2.59. The van der Waals surface area contributed by atoms with Crippen LogP contribution in [0.5, 0.6) is 0 Å². The van der Waals surface area contributed by atoms with Gasteiger partial charge in [-0.25, -0.2) is 0 Å². The molecule has 1 aliphatic heterocycles. The number of thiazole rings is 1. The minimum atomic E-state index is 0.215. The summed E-state index contributed by atoms with van der Waals surface area (Å²) >= 11 is 1.75. The van der Waals surface area contributed by atoms with E-state index in [2.05, 4.69) is 46.8 Å². The molecular formula is C18H26N5OS+. The van der Waals surface area contributed by atoms with Gasteiger partial charge < -0.3 is 9.80 Å². The molecule has 2 aromatic rings. The van der Waals surface area contributed by atoms with Gasteiger partial charge in [-0.15, -0.1) is 5.10 Å². The van der Waals surface area contributed by atoms with Crippen LogP contribution < -0.4 is 9.47 Å². The van der Waals surface area contributed by atoms with Crippen molar-refractivity contribution in [3.63, 3.8) is 0 Å².